The van der Waals surface area contributed by atoms with Gasteiger partial charge in [0.25, 0.3) is 0 Å². The molecule has 24 heavy (non-hydrogen) atoms. The summed E-state index contributed by atoms with van der Waals surface area (Å²) < 4.78 is 43.1. The maximum Gasteiger partial charge on any atom is 0.164 e. The minimum absolute atomic E-state index is 0.115. The highest BCUT2D eigenvalue weighted by molar-refractivity contribution is 5.78. The van der Waals surface area contributed by atoms with E-state index in [0.717, 1.165) is 11.1 Å². The summed E-state index contributed by atoms with van der Waals surface area (Å²) >= 11 is 0. The summed E-state index contributed by atoms with van der Waals surface area (Å²) in [5, 5.41) is 0. The molecule has 3 rings (SSSR count). The number of benzene rings is 2. The number of rotatable bonds is 4. The first-order valence-corrected chi connectivity index (χ1v) is 8.13. The van der Waals surface area contributed by atoms with Crippen molar-refractivity contribution < 1.29 is 13.2 Å². The zero-order valence-corrected chi connectivity index (χ0v) is 13.5. The van der Waals surface area contributed by atoms with Gasteiger partial charge in [0.15, 0.2) is 11.8 Å². The molecule has 1 aliphatic carbocycles. The van der Waals surface area contributed by atoms with Crippen molar-refractivity contribution >= 4 is 5.57 Å². The lowest BCUT2D eigenvalue weighted by molar-refractivity contribution is 0.114. The summed E-state index contributed by atoms with van der Waals surface area (Å²) in [6.07, 6.45) is 2.78. The van der Waals surface area contributed by atoms with E-state index in [1.165, 1.54) is 24.3 Å². The molecule has 2 aromatic carbocycles. The van der Waals surface area contributed by atoms with Crippen LogP contribution < -0.4 is 0 Å². The molecule has 124 valence electrons. The predicted molar refractivity (Wildman–Crippen MR) is 92.6 cm³/mol. The lowest BCUT2D eigenvalue weighted by Crippen LogP contribution is -2.33. The lowest BCUT2D eigenvalue weighted by atomic mass is 9.86. The van der Waals surface area contributed by atoms with Crippen molar-refractivity contribution in [1.82, 2.24) is 0 Å². The maximum atomic E-state index is 14.5. The summed E-state index contributed by atoms with van der Waals surface area (Å²) in [6, 6.07) is 14.3. The Morgan fingerprint density at radius 1 is 1.04 bits per heavy atom. The van der Waals surface area contributed by atoms with Gasteiger partial charge < -0.3 is 0 Å². The van der Waals surface area contributed by atoms with Gasteiger partial charge in [-0.3, -0.25) is 0 Å². The van der Waals surface area contributed by atoms with Gasteiger partial charge in [-0.25, -0.2) is 13.2 Å². The van der Waals surface area contributed by atoms with Gasteiger partial charge in [-0.1, -0.05) is 61.9 Å². The Hall–Kier alpha value is -2.29. The highest BCUT2D eigenvalue weighted by Gasteiger charge is 2.37. The average Bonchev–Trinajstić information content (AvgIpc) is 2.59. The standard InChI is InChI=1S/C21H19F3/c1-2-11-21(24)12-10-17(14-20(21)23)18-9-8-16(13-19(18)22)15-6-4-3-5-7-15/h3-10,12-14,20H,2,11H2,1H3. The first-order valence-electron chi connectivity index (χ1n) is 8.13. The van der Waals surface area contributed by atoms with Crippen LogP contribution in [0, 0.1) is 5.82 Å². The van der Waals surface area contributed by atoms with Gasteiger partial charge >= 0.3 is 0 Å². The number of alkyl halides is 2. The largest absolute Gasteiger partial charge is 0.239 e. The Kier molecular flexibility index (Phi) is 4.61. The van der Waals surface area contributed by atoms with Gasteiger partial charge in [-0.05, 0) is 41.3 Å². The molecule has 0 nitrogen and oxygen atoms in total. The predicted octanol–water partition coefficient (Wildman–Crippen LogP) is 6.29. The van der Waals surface area contributed by atoms with Crippen LogP contribution >= 0.6 is 0 Å². The van der Waals surface area contributed by atoms with E-state index in [-0.39, 0.29) is 12.0 Å². The topological polar surface area (TPSA) is 0 Å². The summed E-state index contributed by atoms with van der Waals surface area (Å²) in [4.78, 5) is 0. The number of halogens is 3. The van der Waals surface area contributed by atoms with Crippen LogP contribution in [-0.4, -0.2) is 11.8 Å². The highest BCUT2D eigenvalue weighted by Crippen LogP contribution is 2.36. The molecule has 0 amide bonds. The van der Waals surface area contributed by atoms with Crippen LogP contribution in [-0.2, 0) is 0 Å². The van der Waals surface area contributed by atoms with Crippen molar-refractivity contribution in [2.45, 2.75) is 31.6 Å². The molecular formula is C21H19F3. The third-order valence-electron chi connectivity index (χ3n) is 4.34. The zero-order valence-electron chi connectivity index (χ0n) is 13.5. The minimum Gasteiger partial charge on any atom is -0.239 e. The molecule has 2 atom stereocenters. The zero-order chi connectivity index (χ0) is 17.2. The van der Waals surface area contributed by atoms with Crippen molar-refractivity contribution in [3.63, 3.8) is 0 Å². The molecule has 0 radical (unpaired) electrons. The highest BCUT2D eigenvalue weighted by atomic mass is 19.2. The quantitative estimate of drug-likeness (QED) is 0.618. The Morgan fingerprint density at radius 2 is 1.79 bits per heavy atom. The van der Waals surface area contributed by atoms with Crippen LogP contribution in [0.25, 0.3) is 16.7 Å². The molecule has 0 spiro atoms. The van der Waals surface area contributed by atoms with Crippen LogP contribution in [0.4, 0.5) is 13.2 Å². The third-order valence-corrected chi connectivity index (χ3v) is 4.34. The monoisotopic (exact) mass is 328 g/mol. The van der Waals surface area contributed by atoms with Gasteiger partial charge in [0.05, 0.1) is 0 Å². The van der Waals surface area contributed by atoms with E-state index in [0.29, 0.717) is 12.0 Å². The van der Waals surface area contributed by atoms with Gasteiger partial charge in [0, 0.05) is 5.56 Å². The molecule has 1 aliphatic rings. The number of hydrogen-bond donors (Lipinski definition) is 0. The van der Waals surface area contributed by atoms with Crippen LogP contribution in [0.5, 0.6) is 0 Å². The van der Waals surface area contributed by atoms with E-state index in [9.17, 15) is 13.2 Å². The molecule has 3 heteroatoms. The Balaban J connectivity index is 1.90. The molecule has 0 fully saturated rings. The normalized spacial score (nSPS) is 23.2. The molecule has 0 bridgehead atoms. The van der Waals surface area contributed by atoms with Crippen LogP contribution in [0.1, 0.15) is 25.3 Å². The number of allylic oxidation sites excluding steroid dienone is 4. The molecule has 0 aliphatic heterocycles. The second-order valence-electron chi connectivity index (χ2n) is 6.09. The summed E-state index contributed by atoms with van der Waals surface area (Å²) in [7, 11) is 0. The Labute approximate surface area is 140 Å². The molecular weight excluding hydrogens is 309 g/mol. The number of hydrogen-bond acceptors (Lipinski definition) is 0. The molecule has 0 saturated carbocycles. The van der Waals surface area contributed by atoms with Gasteiger partial charge in [0.2, 0.25) is 0 Å². The first-order chi connectivity index (χ1) is 11.5. The Bertz CT molecular complexity index is 777. The molecule has 0 aromatic heterocycles. The second-order valence-corrected chi connectivity index (χ2v) is 6.09. The molecule has 0 heterocycles. The fourth-order valence-corrected chi connectivity index (χ4v) is 3.02. The van der Waals surface area contributed by atoms with Gasteiger partial charge in [-0.2, -0.15) is 0 Å². The SMILES string of the molecule is CCCC1(F)C=CC(c2ccc(-c3ccccc3)cc2F)=CC1F. The smallest absolute Gasteiger partial charge is 0.164 e. The van der Waals surface area contributed by atoms with Gasteiger partial charge in [-0.15, -0.1) is 0 Å². The molecule has 2 unspecified atom stereocenters. The lowest BCUT2D eigenvalue weighted by Gasteiger charge is -2.27. The molecule has 2 aromatic rings. The third kappa shape index (κ3) is 3.16. The average molecular weight is 328 g/mol. The van der Waals surface area contributed by atoms with E-state index < -0.39 is 17.7 Å². The van der Waals surface area contributed by atoms with E-state index in [1.807, 2.05) is 37.3 Å². The first kappa shape index (κ1) is 16.6. The van der Waals surface area contributed by atoms with Crippen LogP contribution in [0.15, 0.2) is 66.8 Å². The van der Waals surface area contributed by atoms with E-state index >= 15 is 0 Å². The second kappa shape index (κ2) is 6.68. The molecule has 0 N–H and O–H groups in total. The summed E-state index contributed by atoms with van der Waals surface area (Å²) in [5.74, 6) is -0.443. The van der Waals surface area contributed by atoms with E-state index in [1.54, 1.807) is 12.1 Å². The van der Waals surface area contributed by atoms with Crippen molar-refractivity contribution in [2.75, 3.05) is 0 Å². The fourth-order valence-electron chi connectivity index (χ4n) is 3.02. The van der Waals surface area contributed by atoms with Crippen LogP contribution in [0.3, 0.4) is 0 Å². The summed E-state index contributed by atoms with van der Waals surface area (Å²) in [5.41, 5.74) is 0.333. The van der Waals surface area contributed by atoms with Crippen molar-refractivity contribution in [1.29, 1.82) is 0 Å². The summed E-state index contributed by atoms with van der Waals surface area (Å²) in [6.45, 7) is 1.81. The van der Waals surface area contributed by atoms with Gasteiger partial charge in [0.1, 0.15) is 5.82 Å². The van der Waals surface area contributed by atoms with Crippen molar-refractivity contribution in [3.05, 3.63) is 78.1 Å². The maximum absolute atomic E-state index is 14.5. The van der Waals surface area contributed by atoms with E-state index in [2.05, 4.69) is 0 Å². The van der Waals surface area contributed by atoms with E-state index in [4.69, 9.17) is 0 Å². The minimum atomic E-state index is -1.99. The van der Waals surface area contributed by atoms with Crippen LogP contribution in [0.2, 0.25) is 0 Å². The van der Waals surface area contributed by atoms with Crippen molar-refractivity contribution in [2.24, 2.45) is 0 Å². The molecule has 0 saturated heterocycles. The fraction of sp³-hybridized carbons (Fsp3) is 0.238. The van der Waals surface area contributed by atoms with Crippen molar-refractivity contribution in [3.8, 4) is 11.1 Å². The Morgan fingerprint density at radius 3 is 2.42 bits per heavy atom.